The van der Waals surface area contributed by atoms with Crippen LogP contribution in [-0.4, -0.2) is 40.8 Å². The maximum absolute atomic E-state index is 6.26. The van der Waals surface area contributed by atoms with Crippen LogP contribution in [0.2, 0.25) is 0 Å². The molecule has 0 bridgehead atoms. The second kappa shape index (κ2) is 9.87. The van der Waals surface area contributed by atoms with Gasteiger partial charge in [-0.1, -0.05) is 45.0 Å². The third kappa shape index (κ3) is 4.59. The third-order valence-electron chi connectivity index (χ3n) is 7.46. The average molecular weight is 434 g/mol. The van der Waals surface area contributed by atoms with Crippen LogP contribution in [0.3, 0.4) is 0 Å². The topological polar surface area (TPSA) is 77.2 Å². The first-order chi connectivity index (χ1) is 15.6. The lowest BCUT2D eigenvalue weighted by Gasteiger charge is -2.49. The Morgan fingerprint density at radius 3 is 2.56 bits per heavy atom. The number of aromatic nitrogens is 3. The van der Waals surface area contributed by atoms with Crippen LogP contribution in [0.15, 0.2) is 24.7 Å². The molecule has 2 fully saturated rings. The van der Waals surface area contributed by atoms with Crippen LogP contribution in [0.1, 0.15) is 69.2 Å². The molecule has 0 aromatic carbocycles. The van der Waals surface area contributed by atoms with Crippen LogP contribution in [-0.2, 0) is 11.2 Å². The maximum atomic E-state index is 6.26. The molecule has 3 heterocycles. The molecule has 2 aliphatic rings. The van der Waals surface area contributed by atoms with Gasteiger partial charge in [0.15, 0.2) is 0 Å². The van der Waals surface area contributed by atoms with E-state index in [4.69, 9.17) is 10.5 Å². The Kier molecular flexibility index (Phi) is 6.95. The molecular formula is C26H35N5O. The maximum Gasteiger partial charge on any atom is 0.148 e. The number of rotatable bonds is 4. The molecule has 4 rings (SSSR count). The fourth-order valence-corrected chi connectivity index (χ4v) is 5.58. The van der Waals surface area contributed by atoms with E-state index in [1.165, 1.54) is 25.7 Å². The molecule has 2 aromatic rings. The molecule has 6 nitrogen and oxygen atoms in total. The van der Waals surface area contributed by atoms with E-state index in [0.29, 0.717) is 11.7 Å². The predicted octanol–water partition coefficient (Wildman–Crippen LogP) is 4.23. The van der Waals surface area contributed by atoms with E-state index in [9.17, 15) is 0 Å². The second-order valence-corrected chi connectivity index (χ2v) is 9.22. The van der Waals surface area contributed by atoms with Gasteiger partial charge in [0.25, 0.3) is 0 Å². The zero-order valence-electron chi connectivity index (χ0n) is 19.6. The van der Waals surface area contributed by atoms with Crippen LogP contribution < -0.4 is 10.6 Å². The van der Waals surface area contributed by atoms with Gasteiger partial charge in [-0.2, -0.15) is 0 Å². The van der Waals surface area contributed by atoms with Gasteiger partial charge in [-0.05, 0) is 49.7 Å². The molecule has 0 radical (unpaired) electrons. The van der Waals surface area contributed by atoms with Gasteiger partial charge < -0.3 is 15.4 Å². The van der Waals surface area contributed by atoms with Crippen molar-refractivity contribution in [2.75, 3.05) is 30.8 Å². The summed E-state index contributed by atoms with van der Waals surface area (Å²) in [7, 11) is 1.91. The third-order valence-corrected chi connectivity index (χ3v) is 7.46. The Hall–Kier alpha value is -2.65. The number of aryl methyl sites for hydroxylation is 1. The van der Waals surface area contributed by atoms with Crippen molar-refractivity contribution in [3.8, 4) is 11.8 Å². The number of hydrogen-bond acceptors (Lipinski definition) is 6. The van der Waals surface area contributed by atoms with E-state index in [1.54, 1.807) is 18.6 Å². The van der Waals surface area contributed by atoms with Crippen molar-refractivity contribution in [1.29, 1.82) is 0 Å². The largest absolute Gasteiger partial charge is 0.384 e. The minimum atomic E-state index is -0.0154. The summed E-state index contributed by atoms with van der Waals surface area (Å²) in [6.45, 7) is 6.37. The van der Waals surface area contributed by atoms with E-state index in [-0.39, 0.29) is 5.60 Å². The van der Waals surface area contributed by atoms with Crippen molar-refractivity contribution in [1.82, 2.24) is 15.0 Å². The zero-order valence-corrected chi connectivity index (χ0v) is 19.6. The number of nitrogens with two attached hydrogens (primary N) is 1. The number of methoxy groups -OCH3 is 1. The predicted molar refractivity (Wildman–Crippen MR) is 128 cm³/mol. The summed E-state index contributed by atoms with van der Waals surface area (Å²) in [5.74, 6) is 9.39. The molecule has 2 unspecified atom stereocenters. The van der Waals surface area contributed by atoms with E-state index < -0.39 is 0 Å². The van der Waals surface area contributed by atoms with Crippen LogP contribution in [0.25, 0.3) is 0 Å². The highest BCUT2D eigenvalue weighted by Gasteiger charge is 2.45. The van der Waals surface area contributed by atoms with Gasteiger partial charge in [0.05, 0.1) is 16.9 Å². The number of ether oxygens (including phenoxy) is 1. The van der Waals surface area contributed by atoms with Gasteiger partial charge in [-0.15, -0.1) is 0 Å². The number of nitrogen functional groups attached to an aromatic ring is 1. The lowest BCUT2D eigenvalue weighted by Crippen LogP contribution is -2.52. The highest BCUT2D eigenvalue weighted by molar-refractivity contribution is 5.59. The van der Waals surface area contributed by atoms with Gasteiger partial charge in [-0.25, -0.2) is 15.0 Å². The lowest BCUT2D eigenvalue weighted by molar-refractivity contribution is -0.101. The summed E-state index contributed by atoms with van der Waals surface area (Å²) in [5.41, 5.74) is 8.42. The number of hydrogen-bond donors (Lipinski definition) is 1. The van der Waals surface area contributed by atoms with Crippen LogP contribution >= 0.6 is 0 Å². The summed E-state index contributed by atoms with van der Waals surface area (Å²) in [6, 6.07) is 3.66. The Bertz CT molecular complexity index is 970. The standard InChI is InChI=1S/C26H35N5O/c1-4-23-21(11-9-20-10-12-24(27)28-17-20)25(30-18-29-23)31-15-13-26(32-3,14-16-31)22-8-6-5-7-19(22)2/h10,12,17-19,22H,4-8,13-16H2,1-3H3,(H2,27,28). The van der Waals surface area contributed by atoms with Crippen molar-refractivity contribution < 1.29 is 4.74 Å². The van der Waals surface area contributed by atoms with Crippen LogP contribution in [0.4, 0.5) is 11.6 Å². The first kappa shape index (κ1) is 22.5. The number of piperidine rings is 1. The van der Waals surface area contributed by atoms with Crippen molar-refractivity contribution in [2.24, 2.45) is 11.8 Å². The van der Waals surface area contributed by atoms with Gasteiger partial charge >= 0.3 is 0 Å². The van der Waals surface area contributed by atoms with Gasteiger partial charge in [0, 0.05) is 32.0 Å². The first-order valence-corrected chi connectivity index (χ1v) is 11.9. The summed E-state index contributed by atoms with van der Waals surface area (Å²) in [5, 5.41) is 0. The Morgan fingerprint density at radius 1 is 1.12 bits per heavy atom. The number of nitrogens with zero attached hydrogens (tertiary/aromatic N) is 4. The minimum Gasteiger partial charge on any atom is -0.384 e. The Morgan fingerprint density at radius 2 is 1.91 bits per heavy atom. The molecule has 1 aliphatic carbocycles. The first-order valence-electron chi connectivity index (χ1n) is 11.9. The SMILES string of the molecule is CCc1ncnc(N2CCC(OC)(C3CCCCC3C)CC2)c1C#Cc1ccc(N)nc1. The molecule has 1 aliphatic heterocycles. The molecule has 1 saturated heterocycles. The van der Waals surface area contributed by atoms with Crippen molar-refractivity contribution >= 4 is 11.6 Å². The molecule has 2 aromatic heterocycles. The fourth-order valence-electron chi connectivity index (χ4n) is 5.58. The van der Waals surface area contributed by atoms with Gasteiger partial charge in [0.2, 0.25) is 0 Å². The average Bonchev–Trinajstić information content (AvgIpc) is 2.84. The summed E-state index contributed by atoms with van der Waals surface area (Å²) < 4.78 is 6.26. The number of pyridine rings is 1. The highest BCUT2D eigenvalue weighted by Crippen LogP contribution is 2.44. The van der Waals surface area contributed by atoms with Crippen molar-refractivity contribution in [2.45, 2.75) is 64.4 Å². The summed E-state index contributed by atoms with van der Waals surface area (Å²) >= 11 is 0. The monoisotopic (exact) mass is 433 g/mol. The van der Waals surface area contributed by atoms with Gasteiger partial charge in [-0.3, -0.25) is 0 Å². The molecule has 0 spiro atoms. The van der Waals surface area contributed by atoms with E-state index in [0.717, 1.165) is 60.9 Å². The van der Waals surface area contributed by atoms with Crippen LogP contribution in [0.5, 0.6) is 0 Å². The molecule has 170 valence electrons. The molecule has 6 heteroatoms. The smallest absolute Gasteiger partial charge is 0.148 e. The highest BCUT2D eigenvalue weighted by atomic mass is 16.5. The molecule has 2 atom stereocenters. The molecule has 32 heavy (non-hydrogen) atoms. The van der Waals surface area contributed by atoms with Gasteiger partial charge in [0.1, 0.15) is 18.0 Å². The van der Waals surface area contributed by atoms with E-state index in [1.807, 2.05) is 13.2 Å². The molecule has 2 N–H and O–H groups in total. The van der Waals surface area contributed by atoms with Crippen LogP contribution in [0, 0.1) is 23.7 Å². The quantitative estimate of drug-likeness (QED) is 0.727. The summed E-state index contributed by atoms with van der Waals surface area (Å²) in [4.78, 5) is 15.7. The second-order valence-electron chi connectivity index (χ2n) is 9.22. The van der Waals surface area contributed by atoms with E-state index in [2.05, 4.69) is 45.5 Å². The fraction of sp³-hybridized carbons (Fsp3) is 0.577. The van der Waals surface area contributed by atoms with Crippen molar-refractivity contribution in [3.05, 3.63) is 41.5 Å². The molecule has 1 saturated carbocycles. The molecular weight excluding hydrogens is 398 g/mol. The minimum absolute atomic E-state index is 0.0154. The Balaban J connectivity index is 1.58. The molecule has 0 amide bonds. The Labute approximate surface area is 192 Å². The zero-order chi connectivity index (χ0) is 22.6. The number of anilines is 2. The lowest BCUT2D eigenvalue weighted by atomic mass is 9.67. The van der Waals surface area contributed by atoms with Crippen molar-refractivity contribution in [3.63, 3.8) is 0 Å². The van der Waals surface area contributed by atoms with E-state index >= 15 is 0 Å². The summed E-state index contributed by atoms with van der Waals surface area (Å²) in [6.07, 6.45) is 11.5. The normalized spacial score (nSPS) is 22.8.